The molecule has 0 amide bonds. The molecule has 0 saturated heterocycles. The Hall–Kier alpha value is -2.20. The molecule has 6 heteroatoms. The second kappa shape index (κ2) is 8.62. The number of ketones is 1. The van der Waals surface area contributed by atoms with Crippen LogP contribution in [0, 0.1) is 0 Å². The lowest BCUT2D eigenvalue weighted by molar-refractivity contribution is 0.0977. The molecule has 0 unspecified atom stereocenters. The van der Waals surface area contributed by atoms with Gasteiger partial charge < -0.3 is 4.57 Å². The summed E-state index contributed by atoms with van der Waals surface area (Å²) in [4.78, 5) is 13.4. The van der Waals surface area contributed by atoms with E-state index < -0.39 is 0 Å². The molecule has 0 bridgehead atoms. The van der Waals surface area contributed by atoms with Gasteiger partial charge >= 0.3 is 0 Å². The summed E-state index contributed by atoms with van der Waals surface area (Å²) in [5.41, 5.74) is 7.24. The summed E-state index contributed by atoms with van der Waals surface area (Å²) in [5, 5.41) is 1.76. The predicted molar refractivity (Wildman–Crippen MR) is 133 cm³/mol. The summed E-state index contributed by atoms with van der Waals surface area (Å²) < 4.78 is 4.45. The van der Waals surface area contributed by atoms with E-state index in [9.17, 15) is 4.79 Å². The zero-order valence-corrected chi connectivity index (χ0v) is 20.1. The maximum Gasteiger partial charge on any atom is 0.180 e. The van der Waals surface area contributed by atoms with E-state index in [1.165, 1.54) is 5.56 Å². The minimum Gasteiger partial charge on any atom is -0.325 e. The summed E-state index contributed by atoms with van der Waals surface area (Å²) in [6, 6.07) is 13.6. The average Bonchev–Trinajstić information content (AvgIpc) is 3.19. The van der Waals surface area contributed by atoms with Crippen molar-refractivity contribution in [3.8, 4) is 22.4 Å². The van der Waals surface area contributed by atoms with E-state index in [0.29, 0.717) is 21.5 Å². The Morgan fingerprint density at radius 3 is 2.44 bits per heavy atom. The molecule has 3 nitrogen and oxygen atoms in total. The minimum absolute atomic E-state index is 0.164. The predicted octanol–water partition coefficient (Wildman–Crippen LogP) is 8.35. The van der Waals surface area contributed by atoms with Crippen molar-refractivity contribution in [3.63, 3.8) is 0 Å². The van der Waals surface area contributed by atoms with E-state index in [2.05, 4.69) is 15.2 Å². The summed E-state index contributed by atoms with van der Waals surface area (Å²) in [5.74, 6) is 0.164. The summed E-state index contributed by atoms with van der Waals surface area (Å²) in [6.45, 7) is 2.94. The van der Waals surface area contributed by atoms with Crippen LogP contribution in [0.1, 0.15) is 48.7 Å². The molecule has 0 atom stereocenters. The fourth-order valence-electron chi connectivity index (χ4n) is 4.82. The number of aromatic nitrogens is 2. The molecule has 0 aliphatic carbocycles. The van der Waals surface area contributed by atoms with E-state index in [1.807, 2.05) is 49.4 Å². The third kappa shape index (κ3) is 3.57. The van der Waals surface area contributed by atoms with Crippen LogP contribution in [-0.4, -0.2) is 14.8 Å². The van der Waals surface area contributed by atoms with Crippen LogP contribution in [0.3, 0.4) is 0 Å². The number of hydrogen-bond donors (Lipinski definition) is 0. The highest BCUT2D eigenvalue weighted by atomic mass is 35.5. The minimum atomic E-state index is 0.164. The molecule has 0 N–H and O–H groups in total. The Balaban J connectivity index is 1.83. The van der Waals surface area contributed by atoms with E-state index in [0.717, 1.165) is 66.0 Å². The zero-order chi connectivity index (χ0) is 22.4. The van der Waals surface area contributed by atoms with E-state index in [4.69, 9.17) is 34.8 Å². The number of carbonyl (C=O) groups excluding carboxylic acids is 1. The highest BCUT2D eigenvalue weighted by molar-refractivity contribution is 6.42. The molecule has 2 aromatic carbocycles. The first kappa shape index (κ1) is 21.6. The Labute approximate surface area is 202 Å². The summed E-state index contributed by atoms with van der Waals surface area (Å²) in [6.07, 6.45) is 6.49. The Kier molecular flexibility index (Phi) is 5.83. The zero-order valence-electron chi connectivity index (χ0n) is 17.8. The van der Waals surface area contributed by atoms with Crippen molar-refractivity contribution >= 4 is 46.2 Å². The molecule has 0 saturated carbocycles. The van der Waals surface area contributed by atoms with Crippen molar-refractivity contribution in [1.29, 1.82) is 0 Å². The van der Waals surface area contributed by atoms with Gasteiger partial charge in [0.05, 0.1) is 21.4 Å². The molecule has 3 heterocycles. The number of rotatable bonds is 5. The lowest BCUT2D eigenvalue weighted by atomic mass is 9.96. The van der Waals surface area contributed by atoms with Gasteiger partial charge in [0, 0.05) is 40.9 Å². The number of halogens is 3. The smallest absolute Gasteiger partial charge is 0.180 e. The fourth-order valence-corrected chi connectivity index (χ4v) is 5.24. The van der Waals surface area contributed by atoms with Crippen LogP contribution < -0.4 is 0 Å². The largest absolute Gasteiger partial charge is 0.325 e. The lowest BCUT2D eigenvalue weighted by Gasteiger charge is -2.10. The normalized spacial score (nSPS) is 13.5. The van der Waals surface area contributed by atoms with Gasteiger partial charge in [-0.25, -0.2) is 0 Å². The van der Waals surface area contributed by atoms with Gasteiger partial charge in [-0.1, -0.05) is 59.9 Å². The molecule has 1 aliphatic heterocycles. The highest BCUT2D eigenvalue weighted by Crippen LogP contribution is 2.40. The molecule has 4 aromatic rings. The topological polar surface area (TPSA) is 26.4 Å². The first-order valence-corrected chi connectivity index (χ1v) is 12.1. The van der Waals surface area contributed by atoms with Crippen LogP contribution in [0.25, 0.3) is 28.0 Å². The lowest BCUT2D eigenvalue weighted by Crippen LogP contribution is -2.04. The number of aryl methyl sites for hydroxylation is 2. The first-order valence-electron chi connectivity index (χ1n) is 11.0. The third-order valence-electron chi connectivity index (χ3n) is 6.22. The second-order valence-electron chi connectivity index (χ2n) is 8.33. The van der Waals surface area contributed by atoms with Crippen LogP contribution in [0.2, 0.25) is 15.1 Å². The van der Waals surface area contributed by atoms with E-state index in [1.54, 1.807) is 0 Å². The standard InChI is InChI=1S/C26H23Cl3N2O/c1-2-5-23(32)25-24(16-7-10-18(27)11-8-16)19-6-3-4-13-30-22(15-31(25)26(19)30)17-9-12-20(28)21(29)14-17/h7-12,14-15H,2-6,13H2,1H3. The molecule has 0 spiro atoms. The van der Waals surface area contributed by atoms with Gasteiger partial charge in [-0.3, -0.25) is 9.20 Å². The molecule has 164 valence electrons. The SMILES string of the molecule is CCCC(=O)c1c(-c2ccc(Cl)cc2)c2c3n(c(-c4ccc(Cl)c(Cl)c4)cn13)CCCC2. The molecule has 1 aliphatic rings. The van der Waals surface area contributed by atoms with Crippen molar-refractivity contribution in [2.24, 2.45) is 0 Å². The number of hydrogen-bond acceptors (Lipinski definition) is 1. The van der Waals surface area contributed by atoms with Gasteiger partial charge in [0.1, 0.15) is 5.65 Å². The molecular weight excluding hydrogens is 463 g/mol. The molecular formula is C26H23Cl3N2O. The molecule has 32 heavy (non-hydrogen) atoms. The molecule has 5 rings (SSSR count). The van der Waals surface area contributed by atoms with E-state index in [-0.39, 0.29) is 5.78 Å². The van der Waals surface area contributed by atoms with Crippen LogP contribution in [0.15, 0.2) is 48.7 Å². The Morgan fingerprint density at radius 1 is 0.969 bits per heavy atom. The van der Waals surface area contributed by atoms with Gasteiger partial charge in [0.25, 0.3) is 0 Å². The number of carbonyl (C=O) groups is 1. The quantitative estimate of drug-likeness (QED) is 0.261. The first-order chi connectivity index (χ1) is 15.5. The summed E-state index contributed by atoms with van der Waals surface area (Å²) >= 11 is 18.7. The van der Waals surface area contributed by atoms with Crippen molar-refractivity contribution in [2.75, 3.05) is 0 Å². The number of nitrogens with zero attached hydrogens (tertiary/aromatic N) is 2. The maximum atomic E-state index is 13.4. The fraction of sp³-hybridized carbons (Fsp3) is 0.269. The van der Waals surface area contributed by atoms with Crippen LogP contribution in [0.4, 0.5) is 0 Å². The van der Waals surface area contributed by atoms with Gasteiger partial charge in [0.15, 0.2) is 5.78 Å². The van der Waals surface area contributed by atoms with Gasteiger partial charge in [-0.15, -0.1) is 0 Å². The number of imidazole rings is 1. The number of Topliss-reactive ketones (excluding diaryl/α,β-unsaturated/α-hetero) is 1. The second-order valence-corrected chi connectivity index (χ2v) is 9.58. The van der Waals surface area contributed by atoms with Crippen LogP contribution >= 0.6 is 34.8 Å². The van der Waals surface area contributed by atoms with Crippen molar-refractivity contribution in [1.82, 2.24) is 8.97 Å². The van der Waals surface area contributed by atoms with Crippen molar-refractivity contribution in [3.05, 3.63) is 75.0 Å². The van der Waals surface area contributed by atoms with E-state index >= 15 is 0 Å². The number of benzene rings is 2. The Bertz CT molecular complexity index is 1330. The monoisotopic (exact) mass is 484 g/mol. The summed E-state index contributed by atoms with van der Waals surface area (Å²) in [7, 11) is 0. The molecule has 0 radical (unpaired) electrons. The average molecular weight is 486 g/mol. The molecule has 0 fully saturated rings. The highest BCUT2D eigenvalue weighted by Gasteiger charge is 2.29. The van der Waals surface area contributed by atoms with Crippen LogP contribution in [0.5, 0.6) is 0 Å². The van der Waals surface area contributed by atoms with Crippen LogP contribution in [-0.2, 0) is 13.0 Å². The van der Waals surface area contributed by atoms with Crippen molar-refractivity contribution < 1.29 is 4.79 Å². The molecule has 2 aromatic heterocycles. The third-order valence-corrected chi connectivity index (χ3v) is 7.21. The van der Waals surface area contributed by atoms with Gasteiger partial charge in [-0.05, 0) is 55.5 Å². The van der Waals surface area contributed by atoms with Crippen molar-refractivity contribution in [2.45, 2.75) is 45.6 Å². The Morgan fingerprint density at radius 2 is 1.72 bits per heavy atom. The van der Waals surface area contributed by atoms with Gasteiger partial charge in [-0.2, -0.15) is 0 Å². The maximum absolute atomic E-state index is 13.4. The van der Waals surface area contributed by atoms with Gasteiger partial charge in [0.2, 0.25) is 0 Å².